The minimum absolute atomic E-state index is 0.0196. The van der Waals surface area contributed by atoms with Crippen molar-refractivity contribution in [1.82, 2.24) is 4.90 Å². The van der Waals surface area contributed by atoms with Crippen LogP contribution < -0.4 is 0 Å². The van der Waals surface area contributed by atoms with Crippen LogP contribution in [0, 0.1) is 0 Å². The van der Waals surface area contributed by atoms with Crippen LogP contribution in [0.5, 0.6) is 0 Å². The largest absolute Gasteiger partial charge is 0.342 e. The predicted octanol–water partition coefficient (Wildman–Crippen LogP) is 7.89. The molecule has 3 aromatic rings. The van der Waals surface area contributed by atoms with Gasteiger partial charge in [-0.15, -0.1) is 0 Å². The molecule has 178 valence electrons. The Hall–Kier alpha value is -3.13. The number of carbonyl (C=O) groups excluding carboxylic acids is 1. The molecule has 0 heterocycles. The Morgan fingerprint density at radius 3 is 1.97 bits per heavy atom. The van der Waals surface area contributed by atoms with Gasteiger partial charge < -0.3 is 4.90 Å². The van der Waals surface area contributed by atoms with E-state index in [-0.39, 0.29) is 5.91 Å². The summed E-state index contributed by atoms with van der Waals surface area (Å²) in [5.41, 5.74) is 9.26. The zero-order chi connectivity index (χ0) is 24.3. The first-order valence-corrected chi connectivity index (χ1v) is 12.7. The number of amides is 1. The van der Waals surface area contributed by atoms with E-state index in [1.807, 2.05) is 7.05 Å². The lowest BCUT2D eigenvalue weighted by atomic mass is 9.92. The van der Waals surface area contributed by atoms with Gasteiger partial charge >= 0.3 is 0 Å². The number of unbranched alkanes of at least 4 members (excludes halogenated alkanes) is 2. The highest BCUT2D eigenvalue weighted by Crippen LogP contribution is 2.30. The third-order valence-electron chi connectivity index (χ3n) is 6.62. The maximum atomic E-state index is 11.6. The van der Waals surface area contributed by atoms with Crippen molar-refractivity contribution < 1.29 is 4.79 Å². The van der Waals surface area contributed by atoms with Gasteiger partial charge in [-0.3, -0.25) is 4.79 Å². The van der Waals surface area contributed by atoms with Gasteiger partial charge in [-0.1, -0.05) is 100.0 Å². The van der Waals surface area contributed by atoms with Crippen molar-refractivity contribution in [2.24, 2.45) is 0 Å². The maximum absolute atomic E-state index is 11.6. The second-order valence-electron chi connectivity index (χ2n) is 9.14. The second kappa shape index (κ2) is 12.9. The van der Waals surface area contributed by atoms with Crippen LogP contribution in [0.25, 0.3) is 22.3 Å². The lowest BCUT2D eigenvalue weighted by molar-refractivity contribution is -0.124. The molecule has 0 fully saturated rings. The van der Waals surface area contributed by atoms with Crippen LogP contribution in [0.1, 0.15) is 56.2 Å². The molecule has 1 amide bonds. The van der Waals surface area contributed by atoms with Gasteiger partial charge in [0.25, 0.3) is 0 Å². The highest BCUT2D eigenvalue weighted by Gasteiger charge is 2.08. The number of hydrogen-bond donors (Lipinski definition) is 0. The molecule has 0 spiro atoms. The molecule has 0 aromatic heterocycles. The summed E-state index contributed by atoms with van der Waals surface area (Å²) in [7, 11) is 1.82. The van der Waals surface area contributed by atoms with Gasteiger partial charge in [-0.05, 0) is 77.1 Å². The van der Waals surface area contributed by atoms with Crippen LogP contribution in [0.2, 0.25) is 0 Å². The summed E-state index contributed by atoms with van der Waals surface area (Å²) in [6, 6.07) is 24.9. The molecular weight excluding hydrogens is 414 g/mol. The molecule has 0 N–H and O–H groups in total. The summed E-state index contributed by atoms with van der Waals surface area (Å²) >= 11 is 0. The summed E-state index contributed by atoms with van der Waals surface area (Å²) in [4.78, 5) is 13.3. The van der Waals surface area contributed by atoms with E-state index in [1.165, 1.54) is 70.7 Å². The summed E-state index contributed by atoms with van der Waals surface area (Å²) in [6.45, 7) is 8.77. The zero-order valence-electron chi connectivity index (χ0n) is 21.1. The zero-order valence-corrected chi connectivity index (χ0v) is 21.1. The number of carbonyl (C=O) groups is 1. The van der Waals surface area contributed by atoms with Crippen molar-refractivity contribution in [1.29, 1.82) is 0 Å². The van der Waals surface area contributed by atoms with Crippen LogP contribution in [-0.2, 0) is 24.1 Å². The number of likely N-dealkylation sites (N-methyl/N-ethyl adjacent to an activating group) is 1. The molecule has 0 aliphatic rings. The summed E-state index contributed by atoms with van der Waals surface area (Å²) in [6.07, 6.45) is 9.30. The van der Waals surface area contributed by atoms with E-state index in [0.717, 1.165) is 25.8 Å². The smallest absolute Gasteiger partial charge is 0.245 e. The third kappa shape index (κ3) is 6.93. The van der Waals surface area contributed by atoms with Crippen LogP contribution in [0.4, 0.5) is 0 Å². The minimum atomic E-state index is -0.0196. The topological polar surface area (TPSA) is 20.3 Å². The number of benzene rings is 3. The highest BCUT2D eigenvalue weighted by molar-refractivity contribution is 5.86. The number of nitrogens with zero attached hydrogens (tertiary/aromatic N) is 1. The summed E-state index contributed by atoms with van der Waals surface area (Å²) < 4.78 is 0. The predicted molar refractivity (Wildman–Crippen MR) is 146 cm³/mol. The standard InChI is InChI=1S/C32H39NO/c1-5-8-9-11-25-13-17-28(18-14-25)30-21-22-31(27(6-2)24-30)29-19-15-26(16-20-29)12-10-23-33(4)32(34)7-3/h7,13-22,24H,3,5-6,8-12,23H2,1-2,4H3. The Morgan fingerprint density at radius 2 is 1.38 bits per heavy atom. The fraction of sp³-hybridized carbons (Fsp3) is 0.344. The van der Waals surface area contributed by atoms with E-state index in [1.54, 1.807) is 4.90 Å². The van der Waals surface area contributed by atoms with Crippen LogP contribution in [-0.4, -0.2) is 24.4 Å². The Labute approximate surface area is 206 Å². The average molecular weight is 454 g/mol. The van der Waals surface area contributed by atoms with Gasteiger partial charge in [-0.25, -0.2) is 0 Å². The highest BCUT2D eigenvalue weighted by atomic mass is 16.2. The Kier molecular flexibility index (Phi) is 9.70. The van der Waals surface area contributed by atoms with Gasteiger partial charge in [0.05, 0.1) is 0 Å². The van der Waals surface area contributed by atoms with E-state index in [4.69, 9.17) is 0 Å². The molecule has 2 nitrogen and oxygen atoms in total. The fourth-order valence-corrected chi connectivity index (χ4v) is 4.43. The number of hydrogen-bond acceptors (Lipinski definition) is 1. The number of aryl methyl sites for hydroxylation is 3. The van der Waals surface area contributed by atoms with Crippen molar-refractivity contribution in [3.05, 3.63) is 96.1 Å². The van der Waals surface area contributed by atoms with E-state index in [9.17, 15) is 4.79 Å². The van der Waals surface area contributed by atoms with Crippen molar-refractivity contribution in [2.45, 2.75) is 58.8 Å². The Bertz CT molecular complexity index is 1060. The SMILES string of the molecule is C=CC(=O)N(C)CCCc1ccc(-c2ccc(-c3ccc(CCCCC)cc3)cc2CC)cc1. The summed E-state index contributed by atoms with van der Waals surface area (Å²) in [5, 5.41) is 0. The van der Waals surface area contributed by atoms with Crippen LogP contribution >= 0.6 is 0 Å². The van der Waals surface area contributed by atoms with Crippen molar-refractivity contribution in [3.63, 3.8) is 0 Å². The van der Waals surface area contributed by atoms with Gasteiger partial charge in [0.1, 0.15) is 0 Å². The molecule has 2 heteroatoms. The molecule has 3 rings (SSSR count). The molecule has 0 aliphatic heterocycles. The molecule has 0 bridgehead atoms. The first-order chi connectivity index (χ1) is 16.5. The fourth-order valence-electron chi connectivity index (χ4n) is 4.43. The molecule has 3 aromatic carbocycles. The minimum Gasteiger partial charge on any atom is -0.342 e. The molecular formula is C32H39NO. The molecule has 0 saturated carbocycles. The normalized spacial score (nSPS) is 10.8. The quantitative estimate of drug-likeness (QED) is 0.202. The Balaban J connectivity index is 1.67. The van der Waals surface area contributed by atoms with Gasteiger partial charge in [-0.2, -0.15) is 0 Å². The van der Waals surface area contributed by atoms with Crippen LogP contribution in [0.3, 0.4) is 0 Å². The number of rotatable bonds is 12. The third-order valence-corrected chi connectivity index (χ3v) is 6.62. The molecule has 0 atom stereocenters. The average Bonchev–Trinajstić information content (AvgIpc) is 2.88. The molecule has 0 radical (unpaired) electrons. The second-order valence-corrected chi connectivity index (χ2v) is 9.14. The van der Waals surface area contributed by atoms with Gasteiger partial charge in [0, 0.05) is 13.6 Å². The van der Waals surface area contributed by atoms with E-state index < -0.39 is 0 Å². The lowest BCUT2D eigenvalue weighted by Crippen LogP contribution is -2.25. The van der Waals surface area contributed by atoms with E-state index in [0.29, 0.717) is 0 Å². The molecule has 0 saturated heterocycles. The maximum Gasteiger partial charge on any atom is 0.245 e. The van der Waals surface area contributed by atoms with Gasteiger partial charge in [0.2, 0.25) is 5.91 Å². The van der Waals surface area contributed by atoms with E-state index in [2.05, 4.69) is 87.2 Å². The lowest BCUT2D eigenvalue weighted by Gasteiger charge is -2.15. The van der Waals surface area contributed by atoms with Crippen molar-refractivity contribution >= 4 is 5.91 Å². The van der Waals surface area contributed by atoms with Crippen LogP contribution in [0.15, 0.2) is 79.4 Å². The first kappa shape index (κ1) is 25.5. The summed E-state index contributed by atoms with van der Waals surface area (Å²) in [5.74, 6) is -0.0196. The monoisotopic (exact) mass is 453 g/mol. The van der Waals surface area contributed by atoms with Crippen molar-refractivity contribution in [3.8, 4) is 22.3 Å². The van der Waals surface area contributed by atoms with E-state index >= 15 is 0 Å². The molecule has 34 heavy (non-hydrogen) atoms. The van der Waals surface area contributed by atoms with Gasteiger partial charge in [0.15, 0.2) is 0 Å². The van der Waals surface area contributed by atoms with Crippen molar-refractivity contribution in [2.75, 3.05) is 13.6 Å². The Morgan fingerprint density at radius 1 is 0.794 bits per heavy atom. The first-order valence-electron chi connectivity index (χ1n) is 12.7. The molecule has 0 aliphatic carbocycles. The molecule has 0 unspecified atom stereocenters.